The number of carboxylic acids is 1. The van der Waals surface area contributed by atoms with Crippen LogP contribution < -0.4 is 5.32 Å². The predicted molar refractivity (Wildman–Crippen MR) is 62.5 cm³/mol. The molecule has 19 heavy (non-hydrogen) atoms. The molecule has 0 radical (unpaired) electrons. The Morgan fingerprint density at radius 2 is 1.89 bits per heavy atom. The molecule has 2 saturated heterocycles. The van der Waals surface area contributed by atoms with Gasteiger partial charge in [0.2, 0.25) is 0 Å². The molecule has 2 aliphatic heterocycles. The summed E-state index contributed by atoms with van der Waals surface area (Å²) in [6.45, 7) is 1.75. The van der Waals surface area contributed by atoms with Gasteiger partial charge in [0.1, 0.15) is 5.41 Å². The Morgan fingerprint density at radius 1 is 1.32 bits per heavy atom. The third-order valence-electron chi connectivity index (χ3n) is 3.79. The number of aliphatic carboxylic acids is 1. The van der Waals surface area contributed by atoms with E-state index in [1.165, 1.54) is 11.8 Å². The second-order valence-corrected chi connectivity index (χ2v) is 5.28. The molecule has 2 amide bonds. The Hall–Kier alpha value is -1.38. The van der Waals surface area contributed by atoms with Gasteiger partial charge in [0.25, 0.3) is 0 Å². The van der Waals surface area contributed by atoms with Crippen LogP contribution in [0.1, 0.15) is 6.92 Å². The second kappa shape index (κ2) is 4.95. The summed E-state index contributed by atoms with van der Waals surface area (Å²) in [5.41, 5.74) is -1.16. The molecule has 0 aromatic rings. The van der Waals surface area contributed by atoms with Crippen molar-refractivity contribution in [2.24, 2.45) is 5.41 Å². The number of carbonyl (C=O) groups is 2. The van der Waals surface area contributed by atoms with Crippen molar-refractivity contribution in [1.82, 2.24) is 10.2 Å². The summed E-state index contributed by atoms with van der Waals surface area (Å²) in [5.74, 6) is -1.03. The summed E-state index contributed by atoms with van der Waals surface area (Å²) >= 11 is 0. The lowest BCUT2D eigenvalue weighted by molar-refractivity contribution is -0.148. The smallest absolute Gasteiger partial charge is 0.317 e. The molecule has 108 valence electrons. The van der Waals surface area contributed by atoms with Gasteiger partial charge in [-0.05, 0) is 6.92 Å². The van der Waals surface area contributed by atoms with Gasteiger partial charge in [-0.3, -0.25) is 4.79 Å². The average Bonchev–Trinajstić information content (AvgIpc) is 2.86. The zero-order chi connectivity index (χ0) is 14.2. The lowest BCUT2D eigenvalue weighted by atomic mass is 9.85. The highest BCUT2D eigenvalue weighted by molar-refractivity contribution is 5.79. The number of ether oxygens (including phenoxy) is 1. The minimum Gasteiger partial charge on any atom is -0.481 e. The van der Waals surface area contributed by atoms with Gasteiger partial charge in [-0.25, -0.2) is 4.79 Å². The van der Waals surface area contributed by atoms with Crippen molar-refractivity contribution in [2.45, 2.75) is 25.2 Å². The van der Waals surface area contributed by atoms with E-state index in [1.807, 2.05) is 0 Å². The number of hydrogen-bond donors (Lipinski definition) is 4. The van der Waals surface area contributed by atoms with Crippen LogP contribution in [0.3, 0.4) is 0 Å². The minimum atomic E-state index is -1.16. The summed E-state index contributed by atoms with van der Waals surface area (Å²) in [6.07, 6.45) is -1.92. The average molecular weight is 274 g/mol. The SMILES string of the molecule is CC1(C(=O)O)COCC1NC(=O)N1CC(O)C(O)C1. The first-order valence-corrected chi connectivity index (χ1v) is 6.07. The van der Waals surface area contributed by atoms with Gasteiger partial charge in [0, 0.05) is 0 Å². The van der Waals surface area contributed by atoms with Gasteiger partial charge < -0.3 is 30.3 Å². The van der Waals surface area contributed by atoms with Crippen LogP contribution in [-0.4, -0.2) is 76.8 Å². The maximum absolute atomic E-state index is 11.9. The van der Waals surface area contributed by atoms with Gasteiger partial charge in [-0.2, -0.15) is 0 Å². The van der Waals surface area contributed by atoms with Gasteiger partial charge >= 0.3 is 12.0 Å². The van der Waals surface area contributed by atoms with Gasteiger partial charge in [-0.15, -0.1) is 0 Å². The number of likely N-dealkylation sites (tertiary alicyclic amines) is 1. The van der Waals surface area contributed by atoms with Gasteiger partial charge in [0.15, 0.2) is 0 Å². The summed E-state index contributed by atoms with van der Waals surface area (Å²) in [6, 6.07) is -1.13. The Labute approximate surface area is 110 Å². The number of nitrogens with zero attached hydrogens (tertiary/aromatic N) is 1. The van der Waals surface area contributed by atoms with Crippen LogP contribution in [0.15, 0.2) is 0 Å². The summed E-state index contributed by atoms with van der Waals surface area (Å²) in [5, 5.41) is 30.5. The van der Waals surface area contributed by atoms with Crippen molar-refractivity contribution in [3.63, 3.8) is 0 Å². The summed E-state index contributed by atoms with van der Waals surface area (Å²) < 4.78 is 5.13. The first-order chi connectivity index (χ1) is 8.84. The minimum absolute atomic E-state index is 0.0321. The molecule has 0 saturated carbocycles. The monoisotopic (exact) mass is 274 g/mol. The standard InChI is InChI=1S/C11H18N2O6/c1-11(9(16)17)5-19-4-8(11)12-10(18)13-2-6(14)7(15)3-13/h6-8,14-15H,2-5H2,1H3,(H,12,18)(H,16,17). The zero-order valence-electron chi connectivity index (χ0n) is 10.6. The molecule has 4 atom stereocenters. The molecule has 8 nitrogen and oxygen atoms in total. The van der Waals surface area contributed by atoms with Crippen LogP contribution in [0.25, 0.3) is 0 Å². The van der Waals surface area contributed by atoms with Crippen LogP contribution in [0.2, 0.25) is 0 Å². The number of urea groups is 1. The first-order valence-electron chi connectivity index (χ1n) is 6.07. The molecule has 4 unspecified atom stereocenters. The lowest BCUT2D eigenvalue weighted by Crippen LogP contribution is -2.53. The number of carbonyl (C=O) groups excluding carboxylic acids is 1. The van der Waals surface area contributed by atoms with Crippen molar-refractivity contribution >= 4 is 12.0 Å². The maximum atomic E-state index is 11.9. The van der Waals surface area contributed by atoms with E-state index in [1.54, 1.807) is 0 Å². The number of β-amino-alcohol motifs (C(OH)–C–C–N with tert-alkyl or cyclic N) is 2. The summed E-state index contributed by atoms with van der Waals surface area (Å²) in [4.78, 5) is 24.4. The van der Waals surface area contributed by atoms with Gasteiger partial charge in [-0.1, -0.05) is 0 Å². The van der Waals surface area contributed by atoms with Crippen LogP contribution >= 0.6 is 0 Å². The Kier molecular flexibility index (Phi) is 3.66. The molecule has 0 bridgehead atoms. The van der Waals surface area contributed by atoms with E-state index in [2.05, 4.69) is 5.32 Å². The first kappa shape index (κ1) is 14.0. The van der Waals surface area contributed by atoms with E-state index >= 15 is 0 Å². The van der Waals surface area contributed by atoms with E-state index in [9.17, 15) is 24.9 Å². The number of aliphatic hydroxyl groups is 2. The lowest BCUT2D eigenvalue weighted by Gasteiger charge is -2.27. The number of carboxylic acid groups (broad SMARTS) is 1. The topological polar surface area (TPSA) is 119 Å². The van der Waals surface area contributed by atoms with Crippen LogP contribution in [0.5, 0.6) is 0 Å². The van der Waals surface area contributed by atoms with E-state index in [4.69, 9.17) is 4.74 Å². The molecule has 2 aliphatic rings. The quantitative estimate of drug-likeness (QED) is 0.473. The van der Waals surface area contributed by atoms with Crippen LogP contribution in [0, 0.1) is 5.41 Å². The third-order valence-corrected chi connectivity index (χ3v) is 3.79. The van der Waals surface area contributed by atoms with E-state index in [0.29, 0.717) is 0 Å². The fraction of sp³-hybridized carbons (Fsp3) is 0.818. The number of aliphatic hydroxyl groups excluding tert-OH is 2. The van der Waals surface area contributed by atoms with Crippen molar-refractivity contribution in [2.75, 3.05) is 26.3 Å². The van der Waals surface area contributed by atoms with E-state index < -0.39 is 35.7 Å². The number of rotatable bonds is 2. The molecule has 4 N–H and O–H groups in total. The molecule has 2 rings (SSSR count). The number of amides is 2. The molecule has 2 fully saturated rings. The molecule has 0 spiro atoms. The predicted octanol–water partition coefficient (Wildman–Crippen LogP) is -1.78. The molecular weight excluding hydrogens is 256 g/mol. The normalized spacial score (nSPS) is 38.5. The molecule has 2 heterocycles. The Morgan fingerprint density at radius 3 is 2.42 bits per heavy atom. The highest BCUT2D eigenvalue weighted by Crippen LogP contribution is 2.29. The number of hydrogen-bond acceptors (Lipinski definition) is 5. The summed E-state index contributed by atoms with van der Waals surface area (Å²) in [7, 11) is 0. The highest BCUT2D eigenvalue weighted by atomic mass is 16.5. The molecule has 0 aromatic carbocycles. The van der Waals surface area contributed by atoms with Crippen molar-refractivity contribution < 1.29 is 29.6 Å². The molecule has 8 heteroatoms. The van der Waals surface area contributed by atoms with Gasteiger partial charge in [0.05, 0.1) is 44.6 Å². The number of nitrogens with one attached hydrogen (secondary N) is 1. The fourth-order valence-electron chi connectivity index (χ4n) is 2.26. The maximum Gasteiger partial charge on any atom is 0.317 e. The highest BCUT2D eigenvalue weighted by Gasteiger charge is 2.48. The molecule has 0 aliphatic carbocycles. The van der Waals surface area contributed by atoms with Crippen molar-refractivity contribution in [1.29, 1.82) is 0 Å². The van der Waals surface area contributed by atoms with E-state index in [-0.39, 0.29) is 26.3 Å². The van der Waals surface area contributed by atoms with Crippen LogP contribution in [-0.2, 0) is 9.53 Å². The van der Waals surface area contributed by atoms with E-state index in [0.717, 1.165) is 0 Å². The van der Waals surface area contributed by atoms with Crippen LogP contribution in [0.4, 0.5) is 4.79 Å². The third kappa shape index (κ3) is 2.51. The second-order valence-electron chi connectivity index (χ2n) is 5.28. The molecular formula is C11H18N2O6. The zero-order valence-corrected chi connectivity index (χ0v) is 10.6. The largest absolute Gasteiger partial charge is 0.481 e. The molecule has 0 aromatic heterocycles. The Balaban J connectivity index is 1.98. The Bertz CT molecular complexity index is 379. The fourth-order valence-corrected chi connectivity index (χ4v) is 2.26. The van der Waals surface area contributed by atoms with Crippen molar-refractivity contribution in [3.8, 4) is 0 Å². The van der Waals surface area contributed by atoms with Crippen molar-refractivity contribution in [3.05, 3.63) is 0 Å².